The quantitative estimate of drug-likeness (QED) is 0.269. The third-order valence-corrected chi connectivity index (χ3v) is 10.5. The highest BCUT2D eigenvalue weighted by Crippen LogP contribution is 2.58. The molecule has 206 valence electrons. The molecule has 5 heterocycles. The first kappa shape index (κ1) is 23.7. The summed E-state index contributed by atoms with van der Waals surface area (Å²) in [5, 5.41) is 0. The Balaban J connectivity index is 1.27. The Labute approximate surface area is 241 Å². The van der Waals surface area contributed by atoms with Gasteiger partial charge < -0.3 is 9.47 Å². The molecule has 3 fully saturated rings. The Kier molecular flexibility index (Phi) is 5.39. The molecule has 6 heteroatoms. The number of nitrogens with zero attached hydrogens (tertiary/aromatic N) is 6. The van der Waals surface area contributed by atoms with Crippen molar-refractivity contribution < 1.29 is 0 Å². The van der Waals surface area contributed by atoms with Crippen molar-refractivity contribution in [3.05, 3.63) is 90.4 Å². The molecule has 2 saturated carbocycles. The van der Waals surface area contributed by atoms with Gasteiger partial charge in [0.2, 0.25) is 5.95 Å². The maximum absolute atomic E-state index is 5.26. The molecule has 2 aromatic heterocycles. The molecule has 0 radical (unpaired) electrons. The van der Waals surface area contributed by atoms with Crippen molar-refractivity contribution in [3.63, 3.8) is 0 Å². The zero-order chi connectivity index (χ0) is 26.9. The second-order valence-electron chi connectivity index (χ2n) is 12.6. The standard InChI is InChI=1S/C35H36N6/c1-3-12-23(13-4-1)32-36-33(24-14-5-2-6-15-24)38-35(37-32)41-28-19-10-8-17-26(28)31-34(41)39-21-11-20-29(39)30-22-25-16-7-9-18-27(25)40(30)31/h1-6,11-15,20-21,25-28,30H,7-10,16-19,22H2. The normalized spacial score (nSPS) is 28.1. The van der Waals surface area contributed by atoms with Crippen molar-refractivity contribution in [2.45, 2.75) is 75.9 Å². The van der Waals surface area contributed by atoms with Crippen LogP contribution in [0, 0.1) is 11.8 Å². The van der Waals surface area contributed by atoms with Crippen molar-refractivity contribution in [2.75, 3.05) is 4.90 Å². The molecule has 41 heavy (non-hydrogen) atoms. The second kappa shape index (κ2) is 9.30. The second-order valence-corrected chi connectivity index (χ2v) is 12.6. The van der Waals surface area contributed by atoms with Crippen LogP contribution in [0.1, 0.15) is 69.5 Å². The van der Waals surface area contributed by atoms with Gasteiger partial charge in [0.1, 0.15) is 5.82 Å². The lowest BCUT2D eigenvalue weighted by molar-refractivity contribution is 0.162. The minimum absolute atomic E-state index is 0.375. The van der Waals surface area contributed by atoms with E-state index < -0.39 is 0 Å². The first-order valence-corrected chi connectivity index (χ1v) is 15.7. The highest BCUT2D eigenvalue weighted by molar-refractivity contribution is 5.76. The number of hydrogen-bond acceptors (Lipinski definition) is 5. The molecule has 5 unspecified atom stereocenters. The Hall–Kier alpha value is -3.93. The van der Waals surface area contributed by atoms with Gasteiger partial charge in [-0.25, -0.2) is 4.98 Å². The van der Waals surface area contributed by atoms with Crippen molar-refractivity contribution in [1.82, 2.24) is 24.4 Å². The van der Waals surface area contributed by atoms with Crippen LogP contribution in [-0.2, 0) is 0 Å². The van der Waals surface area contributed by atoms with E-state index in [9.17, 15) is 0 Å². The zero-order valence-electron chi connectivity index (χ0n) is 23.4. The van der Waals surface area contributed by atoms with Gasteiger partial charge >= 0.3 is 0 Å². The van der Waals surface area contributed by atoms with Crippen LogP contribution >= 0.6 is 0 Å². The van der Waals surface area contributed by atoms with E-state index in [1.165, 1.54) is 69.3 Å². The minimum Gasteiger partial charge on any atom is -0.360 e. The largest absolute Gasteiger partial charge is 0.360 e. The number of benzene rings is 2. The summed E-state index contributed by atoms with van der Waals surface area (Å²) in [7, 11) is 0. The van der Waals surface area contributed by atoms with E-state index in [1.54, 1.807) is 5.70 Å². The fourth-order valence-electron chi connectivity index (χ4n) is 8.81. The lowest BCUT2D eigenvalue weighted by Gasteiger charge is -2.42. The monoisotopic (exact) mass is 540 g/mol. The molecule has 5 aliphatic rings. The Morgan fingerprint density at radius 2 is 1.29 bits per heavy atom. The SMILES string of the molecule is c1ccc(-c2nc(-c3ccccc3)nc(N3C4=C(C5CCCCC53)N3C(CC5CCCCC53)c3cccn34)n2)cc1. The van der Waals surface area contributed by atoms with Crippen molar-refractivity contribution in [3.8, 4) is 22.8 Å². The topological polar surface area (TPSA) is 50.1 Å². The predicted molar refractivity (Wildman–Crippen MR) is 162 cm³/mol. The van der Waals surface area contributed by atoms with Crippen LogP contribution < -0.4 is 4.90 Å². The van der Waals surface area contributed by atoms with E-state index >= 15 is 0 Å². The van der Waals surface area contributed by atoms with E-state index in [-0.39, 0.29) is 0 Å². The van der Waals surface area contributed by atoms with Crippen LogP contribution in [0.4, 0.5) is 5.95 Å². The number of rotatable bonds is 3. The molecule has 0 spiro atoms. The van der Waals surface area contributed by atoms with Gasteiger partial charge in [-0.1, -0.05) is 86.3 Å². The molecule has 2 aromatic carbocycles. The Bertz CT molecular complexity index is 1570. The number of hydrogen-bond donors (Lipinski definition) is 0. The van der Waals surface area contributed by atoms with Gasteiger partial charge in [0, 0.05) is 41.0 Å². The molecule has 3 aliphatic heterocycles. The smallest absolute Gasteiger partial charge is 0.235 e. The van der Waals surface area contributed by atoms with E-state index in [0.717, 1.165) is 34.6 Å². The number of anilines is 1. The molecule has 1 saturated heterocycles. The van der Waals surface area contributed by atoms with Crippen LogP contribution in [0.2, 0.25) is 0 Å². The Morgan fingerprint density at radius 1 is 0.634 bits per heavy atom. The van der Waals surface area contributed by atoms with Gasteiger partial charge in [-0.05, 0) is 50.2 Å². The number of aromatic nitrogens is 4. The summed E-state index contributed by atoms with van der Waals surface area (Å²) >= 11 is 0. The average Bonchev–Trinajstić information content (AvgIpc) is 3.76. The summed E-state index contributed by atoms with van der Waals surface area (Å²) in [6, 6.07) is 27.0. The summed E-state index contributed by atoms with van der Waals surface area (Å²) in [6.45, 7) is 0. The third kappa shape index (κ3) is 3.58. The Morgan fingerprint density at radius 3 is 2.02 bits per heavy atom. The van der Waals surface area contributed by atoms with Gasteiger partial charge in [0.25, 0.3) is 0 Å². The summed E-state index contributed by atoms with van der Waals surface area (Å²) in [5.41, 5.74) is 5.08. The van der Waals surface area contributed by atoms with Crippen LogP contribution in [0.3, 0.4) is 0 Å². The van der Waals surface area contributed by atoms with Gasteiger partial charge in [0.05, 0.1) is 11.7 Å². The van der Waals surface area contributed by atoms with Crippen LogP contribution in [0.5, 0.6) is 0 Å². The molecule has 4 aromatic rings. The third-order valence-electron chi connectivity index (χ3n) is 10.5. The summed E-state index contributed by atoms with van der Waals surface area (Å²) < 4.78 is 2.51. The van der Waals surface area contributed by atoms with Crippen molar-refractivity contribution in [2.24, 2.45) is 11.8 Å². The van der Waals surface area contributed by atoms with Crippen molar-refractivity contribution in [1.29, 1.82) is 0 Å². The van der Waals surface area contributed by atoms with Crippen LogP contribution in [-0.4, -0.2) is 36.5 Å². The van der Waals surface area contributed by atoms with E-state index in [0.29, 0.717) is 24.0 Å². The zero-order valence-corrected chi connectivity index (χ0v) is 23.4. The lowest BCUT2D eigenvalue weighted by Crippen LogP contribution is -2.40. The molecule has 0 amide bonds. The fourth-order valence-corrected chi connectivity index (χ4v) is 8.81. The van der Waals surface area contributed by atoms with Gasteiger partial charge in [-0.2, -0.15) is 9.97 Å². The average molecular weight is 541 g/mol. The molecule has 0 N–H and O–H groups in total. The van der Waals surface area contributed by atoms with Crippen LogP contribution in [0.15, 0.2) is 84.7 Å². The maximum atomic E-state index is 5.26. The van der Waals surface area contributed by atoms with Gasteiger partial charge in [0.15, 0.2) is 11.6 Å². The lowest BCUT2D eigenvalue weighted by atomic mass is 9.82. The molecule has 6 nitrogen and oxygen atoms in total. The van der Waals surface area contributed by atoms with E-state index in [4.69, 9.17) is 15.0 Å². The first-order chi connectivity index (χ1) is 20.3. The molecule has 9 rings (SSSR count). The van der Waals surface area contributed by atoms with Crippen LogP contribution in [0.25, 0.3) is 28.6 Å². The van der Waals surface area contributed by atoms with Gasteiger partial charge in [-0.15, -0.1) is 0 Å². The highest BCUT2D eigenvalue weighted by Gasteiger charge is 2.55. The maximum Gasteiger partial charge on any atom is 0.235 e. The molecule has 0 bridgehead atoms. The molecular weight excluding hydrogens is 504 g/mol. The van der Waals surface area contributed by atoms with Crippen molar-refractivity contribution >= 4 is 11.8 Å². The predicted octanol–water partition coefficient (Wildman–Crippen LogP) is 7.53. The fraction of sp³-hybridized carbons (Fsp3) is 0.400. The number of fused-ring (bicyclic) bond motifs is 9. The first-order valence-electron chi connectivity index (χ1n) is 15.7. The summed E-state index contributed by atoms with van der Waals surface area (Å²) in [4.78, 5) is 21.0. The summed E-state index contributed by atoms with van der Waals surface area (Å²) in [5.74, 6) is 4.92. The van der Waals surface area contributed by atoms with Gasteiger partial charge in [-0.3, -0.25) is 4.90 Å². The molecule has 5 atom stereocenters. The van der Waals surface area contributed by atoms with E-state index in [2.05, 4.69) is 93.4 Å². The highest BCUT2D eigenvalue weighted by atomic mass is 15.4. The molecular formula is C35H36N6. The summed E-state index contributed by atoms with van der Waals surface area (Å²) in [6.07, 6.45) is 14.0. The minimum atomic E-state index is 0.375. The van der Waals surface area contributed by atoms with E-state index in [1.807, 2.05) is 0 Å². The molecule has 2 aliphatic carbocycles.